The fourth-order valence-corrected chi connectivity index (χ4v) is 5.41. The molecule has 0 aliphatic heterocycles. The highest BCUT2D eigenvalue weighted by atomic mass is 19.1. The maximum absolute atomic E-state index is 13.9. The second-order valence-corrected chi connectivity index (χ2v) is 10.3. The van der Waals surface area contributed by atoms with Crippen LogP contribution < -0.4 is 16.0 Å². The lowest BCUT2D eigenvalue weighted by atomic mass is 9.83. The van der Waals surface area contributed by atoms with Crippen molar-refractivity contribution in [2.75, 3.05) is 10.6 Å². The molecule has 3 aromatic carbocycles. The maximum Gasteiger partial charge on any atom is 0.326 e. The van der Waals surface area contributed by atoms with Gasteiger partial charge >= 0.3 is 12.0 Å². The third-order valence-electron chi connectivity index (χ3n) is 7.26. The quantitative estimate of drug-likeness (QED) is 0.268. The third-order valence-corrected chi connectivity index (χ3v) is 7.26. The average Bonchev–Trinajstić information content (AvgIpc) is 2.89. The van der Waals surface area contributed by atoms with Gasteiger partial charge in [0.15, 0.2) is 0 Å². The van der Waals surface area contributed by atoms with Crippen LogP contribution in [0.25, 0.3) is 11.1 Å². The summed E-state index contributed by atoms with van der Waals surface area (Å²) in [6.07, 6.45) is 4.38. The van der Waals surface area contributed by atoms with Crippen LogP contribution in [0, 0.1) is 32.5 Å². The number of hydrogen-bond donors (Lipinski definition) is 4. The molecule has 1 atom stereocenters. The third kappa shape index (κ3) is 6.82. The van der Waals surface area contributed by atoms with Gasteiger partial charge in [0.1, 0.15) is 11.9 Å². The van der Waals surface area contributed by atoms with E-state index in [0.717, 1.165) is 48.8 Å². The van der Waals surface area contributed by atoms with Crippen molar-refractivity contribution >= 4 is 29.3 Å². The van der Waals surface area contributed by atoms with Gasteiger partial charge in [0.05, 0.1) is 11.3 Å². The first-order chi connectivity index (χ1) is 18.6. The fourth-order valence-electron chi connectivity index (χ4n) is 5.41. The van der Waals surface area contributed by atoms with Crippen molar-refractivity contribution < 1.29 is 23.9 Å². The Labute approximate surface area is 227 Å². The van der Waals surface area contributed by atoms with Crippen LogP contribution in [-0.2, 0) is 4.79 Å². The van der Waals surface area contributed by atoms with E-state index in [4.69, 9.17) is 0 Å². The first-order valence-electron chi connectivity index (χ1n) is 13.2. The molecule has 4 rings (SSSR count). The van der Waals surface area contributed by atoms with Crippen molar-refractivity contribution in [3.8, 4) is 11.1 Å². The van der Waals surface area contributed by atoms with Crippen LogP contribution in [0.4, 0.5) is 20.6 Å². The Bertz CT molecular complexity index is 1380. The van der Waals surface area contributed by atoms with Crippen molar-refractivity contribution in [2.24, 2.45) is 5.92 Å². The molecule has 4 N–H and O–H groups in total. The molecule has 7 nitrogen and oxygen atoms in total. The standard InChI is InChI=1S/C31H34FN3O4/c1-18-14-19(2)27(20(3)15-18)35-31(39)33-26-17-23(22-10-7-11-24(32)16-22)12-13-25(26)29(36)34-28(30(37)38)21-8-5-4-6-9-21/h7,10-17,21,28H,4-6,8-9H2,1-3H3,(H,34,36)(H,37,38)(H2,33,35,39)/t28-/m0/s1. The normalized spacial score (nSPS) is 14.4. The predicted octanol–water partition coefficient (Wildman–Crippen LogP) is 6.83. The Balaban J connectivity index is 1.65. The Morgan fingerprint density at radius 2 is 1.54 bits per heavy atom. The highest BCUT2D eigenvalue weighted by molar-refractivity contribution is 6.08. The molecule has 39 heavy (non-hydrogen) atoms. The average molecular weight is 532 g/mol. The second-order valence-electron chi connectivity index (χ2n) is 10.3. The molecule has 0 unspecified atom stereocenters. The Kier molecular flexibility index (Phi) is 8.64. The summed E-state index contributed by atoms with van der Waals surface area (Å²) in [5.74, 6) is -2.25. The van der Waals surface area contributed by atoms with E-state index in [2.05, 4.69) is 16.0 Å². The fraction of sp³-hybridized carbons (Fsp3) is 0.323. The van der Waals surface area contributed by atoms with E-state index in [1.165, 1.54) is 18.2 Å². The van der Waals surface area contributed by atoms with E-state index in [-0.39, 0.29) is 17.2 Å². The predicted molar refractivity (Wildman–Crippen MR) is 151 cm³/mol. The van der Waals surface area contributed by atoms with Crippen LogP contribution in [-0.4, -0.2) is 29.1 Å². The number of benzene rings is 3. The van der Waals surface area contributed by atoms with Gasteiger partial charge in [-0.3, -0.25) is 4.79 Å². The summed E-state index contributed by atoms with van der Waals surface area (Å²) in [5.41, 5.74) is 4.98. The summed E-state index contributed by atoms with van der Waals surface area (Å²) in [6.45, 7) is 5.77. The van der Waals surface area contributed by atoms with Crippen molar-refractivity contribution in [3.63, 3.8) is 0 Å². The first kappa shape index (κ1) is 27.8. The summed E-state index contributed by atoms with van der Waals surface area (Å²) in [4.78, 5) is 38.6. The molecular formula is C31H34FN3O4. The SMILES string of the molecule is Cc1cc(C)c(NC(=O)Nc2cc(-c3cccc(F)c3)ccc2C(=O)N[C@H](C(=O)O)C2CCCCC2)c(C)c1. The smallest absolute Gasteiger partial charge is 0.326 e. The van der Waals surface area contributed by atoms with Crippen molar-refractivity contribution in [1.29, 1.82) is 0 Å². The van der Waals surface area contributed by atoms with Gasteiger partial charge in [-0.2, -0.15) is 0 Å². The van der Waals surface area contributed by atoms with Crippen LogP contribution in [0.2, 0.25) is 0 Å². The van der Waals surface area contributed by atoms with E-state index < -0.39 is 29.8 Å². The minimum Gasteiger partial charge on any atom is -0.480 e. The van der Waals surface area contributed by atoms with Crippen molar-refractivity contribution in [3.05, 3.63) is 82.7 Å². The van der Waals surface area contributed by atoms with Crippen LogP contribution >= 0.6 is 0 Å². The molecule has 0 spiro atoms. The van der Waals surface area contributed by atoms with Gasteiger partial charge in [-0.25, -0.2) is 14.0 Å². The Morgan fingerprint density at radius 1 is 0.872 bits per heavy atom. The number of hydrogen-bond acceptors (Lipinski definition) is 3. The molecule has 204 valence electrons. The molecule has 1 aliphatic carbocycles. The number of carboxylic acid groups (broad SMARTS) is 1. The number of amides is 3. The number of carbonyl (C=O) groups excluding carboxylic acids is 2. The lowest BCUT2D eigenvalue weighted by Crippen LogP contribution is -2.46. The van der Waals surface area contributed by atoms with E-state index >= 15 is 0 Å². The molecule has 1 fully saturated rings. The lowest BCUT2D eigenvalue weighted by molar-refractivity contribution is -0.141. The second kappa shape index (κ2) is 12.1. The van der Waals surface area contributed by atoms with E-state index in [1.807, 2.05) is 32.9 Å². The lowest BCUT2D eigenvalue weighted by Gasteiger charge is -2.28. The highest BCUT2D eigenvalue weighted by Gasteiger charge is 2.31. The van der Waals surface area contributed by atoms with Crippen LogP contribution in [0.15, 0.2) is 54.6 Å². The summed E-state index contributed by atoms with van der Waals surface area (Å²) in [5, 5.41) is 18.2. The summed E-state index contributed by atoms with van der Waals surface area (Å²) in [6, 6.07) is 13.1. The Hall–Kier alpha value is -4.20. The van der Waals surface area contributed by atoms with Gasteiger partial charge in [-0.15, -0.1) is 0 Å². The van der Waals surface area contributed by atoms with Crippen LogP contribution in [0.1, 0.15) is 59.2 Å². The molecule has 1 saturated carbocycles. The van der Waals surface area contributed by atoms with Crippen molar-refractivity contribution in [2.45, 2.75) is 58.9 Å². The topological polar surface area (TPSA) is 108 Å². The molecule has 0 aromatic heterocycles. The molecular weight excluding hydrogens is 497 g/mol. The molecule has 0 bridgehead atoms. The molecule has 0 saturated heterocycles. The zero-order chi connectivity index (χ0) is 28.1. The zero-order valence-corrected chi connectivity index (χ0v) is 22.4. The van der Waals surface area contributed by atoms with E-state index in [9.17, 15) is 23.9 Å². The van der Waals surface area contributed by atoms with Crippen molar-refractivity contribution in [1.82, 2.24) is 5.32 Å². The Morgan fingerprint density at radius 3 is 2.18 bits per heavy atom. The van der Waals surface area contributed by atoms with Gasteiger partial charge in [0, 0.05) is 5.69 Å². The summed E-state index contributed by atoms with van der Waals surface area (Å²) in [7, 11) is 0. The number of aliphatic carboxylic acids is 1. The zero-order valence-electron chi connectivity index (χ0n) is 22.4. The number of nitrogens with one attached hydrogen (secondary N) is 3. The van der Waals surface area contributed by atoms with Gasteiger partial charge in [-0.05, 0) is 86.1 Å². The van der Waals surface area contributed by atoms with Crippen LogP contribution in [0.5, 0.6) is 0 Å². The molecule has 8 heteroatoms. The number of carboxylic acids is 1. The summed E-state index contributed by atoms with van der Waals surface area (Å²) < 4.78 is 13.9. The monoisotopic (exact) mass is 531 g/mol. The van der Waals surface area contributed by atoms with E-state index in [0.29, 0.717) is 16.8 Å². The number of aryl methyl sites for hydroxylation is 3. The molecule has 3 aromatic rings. The highest BCUT2D eigenvalue weighted by Crippen LogP contribution is 2.30. The first-order valence-corrected chi connectivity index (χ1v) is 13.2. The number of urea groups is 1. The van der Waals surface area contributed by atoms with Gasteiger partial charge in [-0.1, -0.05) is 55.2 Å². The maximum atomic E-state index is 13.9. The number of halogens is 1. The van der Waals surface area contributed by atoms with Gasteiger partial charge in [0.2, 0.25) is 0 Å². The van der Waals surface area contributed by atoms with Gasteiger partial charge in [0.25, 0.3) is 5.91 Å². The molecule has 3 amide bonds. The number of carbonyl (C=O) groups is 3. The minimum absolute atomic E-state index is 0.115. The number of rotatable bonds is 7. The largest absolute Gasteiger partial charge is 0.480 e. The molecule has 0 heterocycles. The number of anilines is 2. The minimum atomic E-state index is -1.08. The molecule has 1 aliphatic rings. The van der Waals surface area contributed by atoms with Crippen LogP contribution in [0.3, 0.4) is 0 Å². The summed E-state index contributed by atoms with van der Waals surface area (Å²) >= 11 is 0. The van der Waals surface area contributed by atoms with E-state index in [1.54, 1.807) is 24.3 Å². The van der Waals surface area contributed by atoms with Gasteiger partial charge < -0.3 is 21.1 Å². The molecule has 0 radical (unpaired) electrons.